The van der Waals surface area contributed by atoms with Crippen molar-refractivity contribution in [3.63, 3.8) is 0 Å². The summed E-state index contributed by atoms with van der Waals surface area (Å²) in [7, 11) is 0. The molecule has 21 heavy (non-hydrogen) atoms. The van der Waals surface area contributed by atoms with E-state index in [9.17, 15) is 0 Å². The highest BCUT2D eigenvalue weighted by atomic mass is 16.5. The van der Waals surface area contributed by atoms with Crippen LogP contribution in [0.4, 0.5) is 0 Å². The number of ether oxygens (including phenoxy) is 1. The maximum atomic E-state index is 5.86. The highest BCUT2D eigenvalue weighted by Crippen LogP contribution is 2.25. The summed E-state index contributed by atoms with van der Waals surface area (Å²) in [5, 5.41) is 3.61. The molecule has 1 saturated heterocycles. The van der Waals surface area contributed by atoms with Crippen LogP contribution in [0.15, 0.2) is 30.3 Å². The van der Waals surface area contributed by atoms with Gasteiger partial charge in [0.25, 0.3) is 0 Å². The molecule has 2 atom stereocenters. The molecule has 0 aliphatic carbocycles. The molecule has 1 fully saturated rings. The van der Waals surface area contributed by atoms with E-state index in [-0.39, 0.29) is 0 Å². The van der Waals surface area contributed by atoms with E-state index in [0.29, 0.717) is 18.2 Å². The average molecular weight is 290 g/mol. The van der Waals surface area contributed by atoms with Gasteiger partial charge in [0.05, 0.1) is 6.10 Å². The Morgan fingerprint density at radius 2 is 2.05 bits per heavy atom. The summed E-state index contributed by atoms with van der Waals surface area (Å²) in [6.07, 6.45) is 2.83. The van der Waals surface area contributed by atoms with Crippen LogP contribution in [0.3, 0.4) is 0 Å². The Bertz CT molecular complexity index is 391. The molecule has 1 aliphatic rings. The van der Waals surface area contributed by atoms with E-state index >= 15 is 0 Å². The Morgan fingerprint density at radius 3 is 2.71 bits per heavy atom. The number of nitrogens with zero attached hydrogens (tertiary/aromatic N) is 1. The predicted octanol–water partition coefficient (Wildman–Crippen LogP) is 3.23. The minimum Gasteiger partial charge on any atom is -0.377 e. The molecule has 0 amide bonds. The highest BCUT2D eigenvalue weighted by molar-refractivity contribution is 5.19. The van der Waals surface area contributed by atoms with Gasteiger partial charge in [-0.2, -0.15) is 0 Å². The lowest BCUT2D eigenvalue weighted by Crippen LogP contribution is -2.45. The topological polar surface area (TPSA) is 24.5 Å². The van der Waals surface area contributed by atoms with Crippen LogP contribution in [0.25, 0.3) is 0 Å². The maximum Gasteiger partial charge on any atom is 0.0702 e. The van der Waals surface area contributed by atoms with Crippen molar-refractivity contribution >= 4 is 0 Å². The molecular weight excluding hydrogens is 260 g/mol. The molecule has 0 aromatic heterocycles. The van der Waals surface area contributed by atoms with Crippen LogP contribution >= 0.6 is 0 Å². The molecule has 0 spiro atoms. The van der Waals surface area contributed by atoms with E-state index in [0.717, 1.165) is 19.7 Å². The van der Waals surface area contributed by atoms with Crippen LogP contribution in [0.5, 0.6) is 0 Å². The van der Waals surface area contributed by atoms with E-state index in [2.05, 4.69) is 61.3 Å². The molecule has 1 aromatic carbocycles. The fourth-order valence-electron chi connectivity index (χ4n) is 3.10. The van der Waals surface area contributed by atoms with Gasteiger partial charge in [-0.25, -0.2) is 0 Å². The maximum absolute atomic E-state index is 5.86. The predicted molar refractivity (Wildman–Crippen MR) is 88.5 cm³/mol. The van der Waals surface area contributed by atoms with Gasteiger partial charge in [0, 0.05) is 31.8 Å². The number of benzene rings is 1. The zero-order chi connectivity index (χ0) is 15.1. The first-order valence-corrected chi connectivity index (χ1v) is 8.34. The number of rotatable bonds is 7. The molecule has 118 valence electrons. The minimum absolute atomic E-state index is 0.397. The third kappa shape index (κ3) is 5.10. The second-order valence-electron chi connectivity index (χ2n) is 6.20. The molecule has 0 saturated carbocycles. The third-order valence-electron chi connectivity index (χ3n) is 4.16. The second-order valence-corrected chi connectivity index (χ2v) is 6.20. The molecule has 2 rings (SSSR count). The van der Waals surface area contributed by atoms with Crippen LogP contribution in [-0.4, -0.2) is 43.3 Å². The fraction of sp³-hybridized carbons (Fsp3) is 0.667. The van der Waals surface area contributed by atoms with E-state index in [1.54, 1.807) is 0 Å². The highest BCUT2D eigenvalue weighted by Gasteiger charge is 2.27. The van der Waals surface area contributed by atoms with Crippen molar-refractivity contribution in [3.8, 4) is 0 Å². The number of likely N-dealkylation sites (tertiary alicyclic amines) is 1. The quantitative estimate of drug-likeness (QED) is 0.834. The third-order valence-corrected chi connectivity index (χ3v) is 4.16. The first kappa shape index (κ1) is 16.5. The van der Waals surface area contributed by atoms with Crippen LogP contribution in [0.1, 0.15) is 45.2 Å². The van der Waals surface area contributed by atoms with Crippen molar-refractivity contribution in [1.29, 1.82) is 0 Å². The van der Waals surface area contributed by atoms with Crippen molar-refractivity contribution in [2.75, 3.05) is 26.2 Å². The van der Waals surface area contributed by atoms with Crippen LogP contribution < -0.4 is 5.32 Å². The van der Waals surface area contributed by atoms with Gasteiger partial charge >= 0.3 is 0 Å². The number of nitrogens with one attached hydrogen (secondary N) is 1. The standard InChI is InChI=1S/C18H30N2O/c1-4-21-17-11-8-12-20(14-17)18(13-19-15(2)3)16-9-6-5-7-10-16/h5-7,9-10,15,17-19H,4,8,11-14H2,1-3H3. The molecule has 2 unspecified atom stereocenters. The fourth-order valence-corrected chi connectivity index (χ4v) is 3.10. The molecule has 3 heteroatoms. The van der Waals surface area contributed by atoms with E-state index in [4.69, 9.17) is 4.74 Å². The molecule has 1 N–H and O–H groups in total. The molecule has 1 aliphatic heterocycles. The summed E-state index contributed by atoms with van der Waals surface area (Å²) in [5.74, 6) is 0. The second kappa shape index (κ2) is 8.52. The normalized spacial score (nSPS) is 21.6. The summed E-state index contributed by atoms with van der Waals surface area (Å²) < 4.78 is 5.86. The molecular formula is C18H30N2O. The molecule has 0 radical (unpaired) electrons. The minimum atomic E-state index is 0.397. The van der Waals surface area contributed by atoms with Crippen molar-refractivity contribution < 1.29 is 4.74 Å². The monoisotopic (exact) mass is 290 g/mol. The van der Waals surface area contributed by atoms with Gasteiger partial charge in [-0.05, 0) is 31.9 Å². The summed E-state index contributed by atoms with van der Waals surface area (Å²) in [5.41, 5.74) is 1.41. The zero-order valence-corrected chi connectivity index (χ0v) is 13.7. The molecule has 1 heterocycles. The number of piperidine rings is 1. The summed E-state index contributed by atoms with van der Waals surface area (Å²) in [6.45, 7) is 10.5. The Kier molecular flexibility index (Phi) is 6.68. The molecule has 1 aromatic rings. The summed E-state index contributed by atoms with van der Waals surface area (Å²) in [6, 6.07) is 11.8. The summed E-state index contributed by atoms with van der Waals surface area (Å²) >= 11 is 0. The average Bonchev–Trinajstić information content (AvgIpc) is 2.49. The van der Waals surface area contributed by atoms with E-state index in [1.165, 1.54) is 24.9 Å². The number of hydrogen-bond donors (Lipinski definition) is 1. The SMILES string of the molecule is CCOC1CCCN(C(CNC(C)C)c2ccccc2)C1. The lowest BCUT2D eigenvalue weighted by molar-refractivity contribution is -0.00785. The smallest absolute Gasteiger partial charge is 0.0702 e. The van der Waals surface area contributed by atoms with Gasteiger partial charge in [-0.3, -0.25) is 4.90 Å². The Balaban J connectivity index is 2.07. The van der Waals surface area contributed by atoms with E-state index in [1.807, 2.05) is 0 Å². The van der Waals surface area contributed by atoms with E-state index < -0.39 is 0 Å². The first-order chi connectivity index (χ1) is 10.2. The van der Waals surface area contributed by atoms with Gasteiger partial charge in [0.1, 0.15) is 0 Å². The van der Waals surface area contributed by atoms with Crippen LogP contribution in [-0.2, 0) is 4.74 Å². The molecule has 0 bridgehead atoms. The van der Waals surface area contributed by atoms with Crippen molar-refractivity contribution in [1.82, 2.24) is 10.2 Å². The largest absolute Gasteiger partial charge is 0.377 e. The Hall–Kier alpha value is -0.900. The summed E-state index contributed by atoms with van der Waals surface area (Å²) in [4.78, 5) is 2.59. The lowest BCUT2D eigenvalue weighted by Gasteiger charge is -2.38. The zero-order valence-electron chi connectivity index (χ0n) is 13.7. The van der Waals surface area contributed by atoms with Gasteiger partial charge in [-0.15, -0.1) is 0 Å². The lowest BCUT2D eigenvalue weighted by atomic mass is 10.00. The van der Waals surface area contributed by atoms with Gasteiger partial charge in [0.15, 0.2) is 0 Å². The Labute approximate surface area is 129 Å². The van der Waals surface area contributed by atoms with Gasteiger partial charge in [-0.1, -0.05) is 44.2 Å². The van der Waals surface area contributed by atoms with Crippen molar-refractivity contribution in [2.24, 2.45) is 0 Å². The first-order valence-electron chi connectivity index (χ1n) is 8.34. The number of hydrogen-bond acceptors (Lipinski definition) is 3. The van der Waals surface area contributed by atoms with Gasteiger partial charge < -0.3 is 10.1 Å². The van der Waals surface area contributed by atoms with Crippen LogP contribution in [0.2, 0.25) is 0 Å². The van der Waals surface area contributed by atoms with Crippen molar-refractivity contribution in [2.45, 2.75) is 51.8 Å². The van der Waals surface area contributed by atoms with Crippen molar-refractivity contribution in [3.05, 3.63) is 35.9 Å². The Morgan fingerprint density at radius 1 is 1.29 bits per heavy atom. The van der Waals surface area contributed by atoms with Crippen LogP contribution in [0, 0.1) is 0 Å². The molecule has 3 nitrogen and oxygen atoms in total. The van der Waals surface area contributed by atoms with Gasteiger partial charge in [0.2, 0.25) is 0 Å².